The average molecular weight is 385 g/mol. The first-order valence-corrected chi connectivity index (χ1v) is 10.4. The first-order valence-electron chi connectivity index (χ1n) is 8.78. The average Bonchev–Trinajstić information content (AvgIpc) is 3.04. The van der Waals surface area contributed by atoms with E-state index in [1.54, 1.807) is 42.5 Å². The van der Waals surface area contributed by atoms with E-state index >= 15 is 0 Å². The lowest BCUT2D eigenvalue weighted by Gasteiger charge is -2.22. The monoisotopic (exact) mass is 385 g/mol. The maximum Gasteiger partial charge on any atom is 0.255 e. The fraction of sp³-hybridized carbons (Fsp3) is 0.263. The second kappa shape index (κ2) is 7.03. The number of sulfonamides is 1. The molecule has 0 spiro atoms. The Morgan fingerprint density at radius 2 is 1.89 bits per heavy atom. The number of oxazole rings is 1. The molecule has 1 aromatic heterocycles. The minimum absolute atomic E-state index is 0.166. The van der Waals surface area contributed by atoms with Crippen LogP contribution in [-0.4, -0.2) is 31.6 Å². The fourth-order valence-electron chi connectivity index (χ4n) is 3.17. The summed E-state index contributed by atoms with van der Waals surface area (Å²) in [7, 11) is -3.29. The number of carbonyl (C=O) groups is 1. The molecule has 1 fully saturated rings. The Labute approximate surface area is 157 Å². The van der Waals surface area contributed by atoms with Crippen molar-refractivity contribution in [2.45, 2.75) is 19.3 Å². The normalized spacial score (nSPS) is 16.8. The second-order valence-corrected chi connectivity index (χ2v) is 8.50. The second-order valence-electron chi connectivity index (χ2n) is 6.48. The van der Waals surface area contributed by atoms with Crippen molar-refractivity contribution in [1.29, 1.82) is 0 Å². The van der Waals surface area contributed by atoms with Crippen molar-refractivity contribution in [3.63, 3.8) is 0 Å². The van der Waals surface area contributed by atoms with Gasteiger partial charge in [-0.05, 0) is 55.3 Å². The summed E-state index contributed by atoms with van der Waals surface area (Å²) in [5.74, 6) is -0.108. The molecular weight excluding hydrogens is 366 g/mol. The number of nitrogens with zero attached hydrogens (tertiary/aromatic N) is 2. The third kappa shape index (κ3) is 3.66. The van der Waals surface area contributed by atoms with E-state index in [1.165, 1.54) is 10.7 Å². The first-order chi connectivity index (χ1) is 13.0. The van der Waals surface area contributed by atoms with Crippen LogP contribution in [0.4, 0.5) is 11.4 Å². The number of anilines is 2. The molecule has 0 aliphatic carbocycles. The van der Waals surface area contributed by atoms with Gasteiger partial charge in [0, 0.05) is 17.8 Å². The summed E-state index contributed by atoms with van der Waals surface area (Å²) in [5.41, 5.74) is 2.97. The summed E-state index contributed by atoms with van der Waals surface area (Å²) in [6.07, 6.45) is 3.79. The van der Waals surface area contributed by atoms with Crippen LogP contribution in [0.25, 0.3) is 11.1 Å². The van der Waals surface area contributed by atoms with Crippen LogP contribution >= 0.6 is 0 Å². The molecule has 0 unspecified atom stereocenters. The van der Waals surface area contributed by atoms with Crippen LogP contribution in [0.5, 0.6) is 0 Å². The first kappa shape index (κ1) is 17.5. The molecule has 8 heteroatoms. The lowest BCUT2D eigenvalue weighted by atomic mass is 10.1. The number of benzene rings is 2. The number of fused-ring (bicyclic) bond motifs is 1. The van der Waals surface area contributed by atoms with Crippen LogP contribution in [0.1, 0.15) is 29.6 Å². The largest absolute Gasteiger partial charge is 0.443 e. The van der Waals surface area contributed by atoms with Gasteiger partial charge in [-0.3, -0.25) is 9.10 Å². The smallest absolute Gasteiger partial charge is 0.255 e. The zero-order valence-corrected chi connectivity index (χ0v) is 15.4. The lowest BCUT2D eigenvalue weighted by Crippen LogP contribution is -2.32. The molecule has 3 aromatic rings. The van der Waals surface area contributed by atoms with Gasteiger partial charge in [0.15, 0.2) is 12.0 Å². The third-order valence-corrected chi connectivity index (χ3v) is 6.47. The van der Waals surface area contributed by atoms with Crippen LogP contribution in [0, 0.1) is 0 Å². The molecule has 7 nitrogen and oxygen atoms in total. The quantitative estimate of drug-likeness (QED) is 0.746. The van der Waals surface area contributed by atoms with Gasteiger partial charge in [0.1, 0.15) is 5.52 Å². The maximum atomic E-state index is 12.5. The highest BCUT2D eigenvalue weighted by Gasteiger charge is 2.24. The summed E-state index contributed by atoms with van der Waals surface area (Å²) >= 11 is 0. The Balaban J connectivity index is 1.51. The van der Waals surface area contributed by atoms with E-state index in [0.29, 0.717) is 41.0 Å². The van der Waals surface area contributed by atoms with Crippen molar-refractivity contribution < 1.29 is 17.6 Å². The molecule has 27 heavy (non-hydrogen) atoms. The van der Waals surface area contributed by atoms with Gasteiger partial charge in [0.2, 0.25) is 10.0 Å². The lowest BCUT2D eigenvalue weighted by molar-refractivity contribution is 0.102. The summed E-state index contributed by atoms with van der Waals surface area (Å²) < 4.78 is 31.4. The highest BCUT2D eigenvalue weighted by molar-refractivity contribution is 7.92. The Hall–Kier alpha value is -2.87. The van der Waals surface area contributed by atoms with Gasteiger partial charge in [-0.25, -0.2) is 13.4 Å². The van der Waals surface area contributed by atoms with Crippen molar-refractivity contribution in [3.05, 3.63) is 54.4 Å². The molecule has 2 aromatic carbocycles. The van der Waals surface area contributed by atoms with Gasteiger partial charge < -0.3 is 9.73 Å². The Kier molecular flexibility index (Phi) is 4.57. The SMILES string of the molecule is O=C(Nc1ccc2ocnc2c1)c1ccc(N2CCCCCS2(=O)=O)cc1. The number of hydrogen-bond donors (Lipinski definition) is 1. The number of rotatable bonds is 3. The van der Waals surface area contributed by atoms with Crippen LogP contribution in [0.3, 0.4) is 0 Å². The van der Waals surface area contributed by atoms with Gasteiger partial charge in [-0.2, -0.15) is 0 Å². The zero-order valence-electron chi connectivity index (χ0n) is 14.6. The summed E-state index contributed by atoms with van der Waals surface area (Å²) in [6, 6.07) is 11.8. The third-order valence-electron chi connectivity index (χ3n) is 4.61. The minimum atomic E-state index is -3.29. The number of amides is 1. The predicted molar refractivity (Wildman–Crippen MR) is 103 cm³/mol. The van der Waals surface area contributed by atoms with Crippen LogP contribution in [-0.2, 0) is 10.0 Å². The van der Waals surface area contributed by atoms with Crippen molar-refractivity contribution in [1.82, 2.24) is 4.98 Å². The molecule has 4 rings (SSSR count). The molecule has 1 aliphatic rings. The van der Waals surface area contributed by atoms with Crippen molar-refractivity contribution in [3.8, 4) is 0 Å². The fourth-order valence-corrected chi connectivity index (χ4v) is 4.81. The molecule has 2 heterocycles. The Morgan fingerprint density at radius 1 is 1.07 bits per heavy atom. The van der Waals surface area contributed by atoms with E-state index in [9.17, 15) is 13.2 Å². The molecule has 1 amide bonds. The van der Waals surface area contributed by atoms with E-state index in [2.05, 4.69) is 10.3 Å². The van der Waals surface area contributed by atoms with Gasteiger partial charge in [-0.15, -0.1) is 0 Å². The molecule has 0 bridgehead atoms. The predicted octanol–water partition coefficient (Wildman–Crippen LogP) is 3.40. The maximum absolute atomic E-state index is 12.5. The van der Waals surface area contributed by atoms with E-state index in [1.807, 2.05) is 0 Å². The molecular formula is C19H19N3O4S. The van der Waals surface area contributed by atoms with E-state index in [-0.39, 0.29) is 11.7 Å². The Bertz CT molecular complexity index is 1070. The Morgan fingerprint density at radius 3 is 2.70 bits per heavy atom. The van der Waals surface area contributed by atoms with Crippen molar-refractivity contribution >= 4 is 38.4 Å². The highest BCUT2D eigenvalue weighted by Crippen LogP contribution is 2.24. The number of carbonyl (C=O) groups excluding carboxylic acids is 1. The van der Waals surface area contributed by atoms with Crippen molar-refractivity contribution in [2.75, 3.05) is 21.9 Å². The van der Waals surface area contributed by atoms with Gasteiger partial charge in [-0.1, -0.05) is 6.42 Å². The van der Waals surface area contributed by atoms with Crippen LogP contribution < -0.4 is 9.62 Å². The zero-order chi connectivity index (χ0) is 18.9. The molecule has 0 atom stereocenters. The molecule has 1 saturated heterocycles. The molecule has 140 valence electrons. The standard InChI is InChI=1S/C19H19N3O4S/c23-19(21-15-6-9-18-17(12-15)20-13-26-18)14-4-7-16(8-5-14)22-10-2-1-3-11-27(22,24)25/h4-9,12-13H,1-3,10-11H2,(H,21,23). The number of aromatic nitrogens is 1. The summed E-state index contributed by atoms with van der Waals surface area (Å²) in [4.78, 5) is 16.5. The minimum Gasteiger partial charge on any atom is -0.443 e. The van der Waals surface area contributed by atoms with Gasteiger partial charge >= 0.3 is 0 Å². The highest BCUT2D eigenvalue weighted by atomic mass is 32.2. The van der Waals surface area contributed by atoms with Crippen LogP contribution in [0.2, 0.25) is 0 Å². The van der Waals surface area contributed by atoms with E-state index in [0.717, 1.165) is 12.8 Å². The molecule has 0 saturated carbocycles. The summed E-state index contributed by atoms with van der Waals surface area (Å²) in [5, 5.41) is 2.81. The number of hydrogen-bond acceptors (Lipinski definition) is 5. The van der Waals surface area contributed by atoms with Crippen LogP contribution in [0.15, 0.2) is 53.3 Å². The van der Waals surface area contributed by atoms with Crippen molar-refractivity contribution in [2.24, 2.45) is 0 Å². The van der Waals surface area contributed by atoms with Gasteiger partial charge in [0.25, 0.3) is 5.91 Å². The summed E-state index contributed by atoms with van der Waals surface area (Å²) in [6.45, 7) is 0.478. The molecule has 1 N–H and O–H groups in total. The number of nitrogens with one attached hydrogen (secondary N) is 1. The van der Waals surface area contributed by atoms with E-state index in [4.69, 9.17) is 4.42 Å². The molecule has 1 aliphatic heterocycles. The van der Waals surface area contributed by atoms with E-state index < -0.39 is 10.0 Å². The van der Waals surface area contributed by atoms with Gasteiger partial charge in [0.05, 0.1) is 11.4 Å². The topological polar surface area (TPSA) is 92.5 Å². The molecule has 0 radical (unpaired) electrons.